The Bertz CT molecular complexity index is 315. The second kappa shape index (κ2) is 4.24. The van der Waals surface area contributed by atoms with Crippen LogP contribution >= 0.6 is 0 Å². The van der Waals surface area contributed by atoms with Crippen molar-refractivity contribution in [1.82, 2.24) is 5.06 Å². The molecule has 0 atom stereocenters. The highest BCUT2D eigenvalue weighted by molar-refractivity contribution is 5.93. The van der Waals surface area contributed by atoms with Crippen LogP contribution in [0.1, 0.15) is 35.7 Å². The Hall–Kier alpha value is -1.35. The molecule has 3 heteroatoms. The molecule has 0 saturated carbocycles. The first-order valence-corrected chi connectivity index (χ1v) is 4.59. The van der Waals surface area contributed by atoms with Crippen LogP contribution in [0.25, 0.3) is 0 Å². The maximum atomic E-state index is 11.3. The summed E-state index contributed by atoms with van der Waals surface area (Å²) in [6.07, 6.45) is 0. The van der Waals surface area contributed by atoms with E-state index in [1.54, 1.807) is 12.1 Å². The first-order chi connectivity index (χ1) is 6.52. The van der Waals surface area contributed by atoms with Crippen LogP contribution in [-0.2, 0) is 0 Å². The fraction of sp³-hybridized carbons (Fsp3) is 0.364. The van der Waals surface area contributed by atoms with E-state index in [-0.39, 0.29) is 5.91 Å². The van der Waals surface area contributed by atoms with Gasteiger partial charge in [-0.15, -0.1) is 0 Å². The van der Waals surface area contributed by atoms with Gasteiger partial charge in [0.2, 0.25) is 0 Å². The molecule has 1 aromatic rings. The van der Waals surface area contributed by atoms with Gasteiger partial charge in [0.25, 0.3) is 5.91 Å². The highest BCUT2D eigenvalue weighted by Gasteiger charge is 2.09. The Kier molecular flexibility index (Phi) is 3.25. The van der Waals surface area contributed by atoms with Gasteiger partial charge < -0.3 is 0 Å². The van der Waals surface area contributed by atoms with Crippen molar-refractivity contribution < 1.29 is 10.0 Å². The van der Waals surface area contributed by atoms with Gasteiger partial charge in [-0.1, -0.05) is 26.0 Å². The van der Waals surface area contributed by atoms with Gasteiger partial charge >= 0.3 is 0 Å². The van der Waals surface area contributed by atoms with Gasteiger partial charge in [-0.05, 0) is 23.6 Å². The highest BCUT2D eigenvalue weighted by atomic mass is 16.5. The fourth-order valence-corrected chi connectivity index (χ4v) is 1.20. The van der Waals surface area contributed by atoms with Crippen LogP contribution in [0.4, 0.5) is 0 Å². The molecule has 0 heterocycles. The van der Waals surface area contributed by atoms with Crippen LogP contribution in [0.3, 0.4) is 0 Å². The van der Waals surface area contributed by atoms with E-state index in [4.69, 9.17) is 5.21 Å². The van der Waals surface area contributed by atoms with Crippen molar-refractivity contribution in [1.29, 1.82) is 0 Å². The molecule has 1 rings (SSSR count). The molecule has 3 nitrogen and oxygen atoms in total. The van der Waals surface area contributed by atoms with Gasteiger partial charge in [-0.2, -0.15) is 0 Å². The molecule has 0 bridgehead atoms. The summed E-state index contributed by atoms with van der Waals surface area (Å²) in [7, 11) is 1.32. The maximum absolute atomic E-state index is 11.3. The zero-order valence-electron chi connectivity index (χ0n) is 8.69. The van der Waals surface area contributed by atoms with E-state index in [0.29, 0.717) is 16.5 Å². The predicted octanol–water partition coefficient (Wildman–Crippen LogP) is 2.27. The average molecular weight is 193 g/mol. The lowest BCUT2D eigenvalue weighted by Gasteiger charge is -2.09. The summed E-state index contributed by atoms with van der Waals surface area (Å²) in [5.41, 5.74) is 1.68. The molecule has 1 aromatic carbocycles. The Morgan fingerprint density at radius 3 is 2.14 bits per heavy atom. The maximum Gasteiger partial charge on any atom is 0.276 e. The Morgan fingerprint density at radius 1 is 1.29 bits per heavy atom. The van der Waals surface area contributed by atoms with E-state index in [2.05, 4.69) is 13.8 Å². The van der Waals surface area contributed by atoms with E-state index >= 15 is 0 Å². The van der Waals surface area contributed by atoms with E-state index in [0.717, 1.165) is 0 Å². The van der Waals surface area contributed by atoms with Crippen molar-refractivity contribution in [3.05, 3.63) is 35.4 Å². The van der Waals surface area contributed by atoms with Crippen LogP contribution in [-0.4, -0.2) is 23.2 Å². The lowest BCUT2D eigenvalue weighted by atomic mass is 10.0. The van der Waals surface area contributed by atoms with Crippen LogP contribution in [0, 0.1) is 0 Å². The first kappa shape index (κ1) is 10.7. The molecular formula is C11H15NO2. The Balaban J connectivity index is 2.89. The molecule has 0 spiro atoms. The molecule has 0 fully saturated rings. The number of hydrogen-bond donors (Lipinski definition) is 1. The zero-order valence-corrected chi connectivity index (χ0v) is 8.69. The minimum atomic E-state index is -0.389. The minimum Gasteiger partial charge on any atom is -0.286 e. The minimum absolute atomic E-state index is 0.389. The van der Waals surface area contributed by atoms with Crippen LogP contribution in [0.15, 0.2) is 24.3 Å². The lowest BCUT2D eigenvalue weighted by molar-refractivity contribution is -0.0374. The van der Waals surface area contributed by atoms with E-state index < -0.39 is 0 Å². The molecule has 0 radical (unpaired) electrons. The molecule has 0 aliphatic heterocycles. The number of nitrogens with zero attached hydrogens (tertiary/aromatic N) is 1. The summed E-state index contributed by atoms with van der Waals surface area (Å²) in [4.78, 5) is 11.3. The number of hydrogen-bond acceptors (Lipinski definition) is 2. The topological polar surface area (TPSA) is 40.5 Å². The number of amides is 1. The van der Waals surface area contributed by atoms with Crippen molar-refractivity contribution in [2.75, 3.05) is 7.05 Å². The summed E-state index contributed by atoms with van der Waals surface area (Å²) in [6.45, 7) is 4.18. The van der Waals surface area contributed by atoms with Gasteiger partial charge in [-0.25, -0.2) is 5.06 Å². The van der Waals surface area contributed by atoms with Crippen molar-refractivity contribution in [2.24, 2.45) is 0 Å². The number of carbonyl (C=O) groups excluding carboxylic acids is 1. The Morgan fingerprint density at radius 2 is 1.79 bits per heavy atom. The smallest absolute Gasteiger partial charge is 0.276 e. The summed E-state index contributed by atoms with van der Waals surface area (Å²) >= 11 is 0. The molecule has 1 amide bonds. The molecule has 14 heavy (non-hydrogen) atoms. The van der Waals surface area contributed by atoms with E-state index in [9.17, 15) is 4.79 Å². The average Bonchev–Trinajstić information content (AvgIpc) is 2.16. The number of rotatable bonds is 2. The van der Waals surface area contributed by atoms with Crippen molar-refractivity contribution in [3.63, 3.8) is 0 Å². The summed E-state index contributed by atoms with van der Waals surface area (Å²) < 4.78 is 0. The van der Waals surface area contributed by atoms with Gasteiger partial charge in [0, 0.05) is 12.6 Å². The molecule has 1 N–H and O–H groups in total. The number of hydroxylamine groups is 2. The Labute approximate surface area is 83.9 Å². The monoisotopic (exact) mass is 193 g/mol. The molecular weight excluding hydrogens is 178 g/mol. The second-order valence-corrected chi connectivity index (χ2v) is 3.61. The van der Waals surface area contributed by atoms with Crippen LogP contribution in [0.2, 0.25) is 0 Å². The van der Waals surface area contributed by atoms with Crippen molar-refractivity contribution in [2.45, 2.75) is 19.8 Å². The highest BCUT2D eigenvalue weighted by Crippen LogP contribution is 2.15. The standard InChI is InChI=1S/C11H15NO2/c1-8(2)9-4-6-10(7-5-9)11(13)12(3)14/h4-8,14H,1-3H3. The molecule has 0 unspecified atom stereocenters. The zero-order chi connectivity index (χ0) is 10.7. The predicted molar refractivity (Wildman–Crippen MR) is 54.4 cm³/mol. The van der Waals surface area contributed by atoms with Crippen LogP contribution in [0.5, 0.6) is 0 Å². The van der Waals surface area contributed by atoms with Crippen molar-refractivity contribution in [3.8, 4) is 0 Å². The van der Waals surface area contributed by atoms with E-state index in [1.807, 2.05) is 12.1 Å². The quantitative estimate of drug-likeness (QED) is 0.578. The molecule has 0 aliphatic rings. The normalized spacial score (nSPS) is 10.4. The summed E-state index contributed by atoms with van der Waals surface area (Å²) in [6, 6.07) is 7.26. The molecule has 0 aliphatic carbocycles. The van der Waals surface area contributed by atoms with Gasteiger partial charge in [0.1, 0.15) is 0 Å². The third-order valence-corrected chi connectivity index (χ3v) is 2.12. The largest absolute Gasteiger partial charge is 0.286 e. The second-order valence-electron chi connectivity index (χ2n) is 3.61. The molecule has 0 saturated heterocycles. The van der Waals surface area contributed by atoms with Gasteiger partial charge in [0.05, 0.1) is 0 Å². The van der Waals surface area contributed by atoms with Crippen molar-refractivity contribution >= 4 is 5.91 Å². The fourth-order valence-electron chi connectivity index (χ4n) is 1.20. The third kappa shape index (κ3) is 2.33. The molecule has 0 aromatic heterocycles. The van der Waals surface area contributed by atoms with Crippen LogP contribution < -0.4 is 0 Å². The third-order valence-electron chi connectivity index (χ3n) is 2.12. The molecule has 76 valence electrons. The SMILES string of the molecule is CC(C)c1ccc(C(=O)N(C)O)cc1. The van der Waals surface area contributed by atoms with E-state index in [1.165, 1.54) is 12.6 Å². The van der Waals surface area contributed by atoms with Gasteiger partial charge in [-0.3, -0.25) is 10.0 Å². The van der Waals surface area contributed by atoms with Gasteiger partial charge in [0.15, 0.2) is 0 Å². The first-order valence-electron chi connectivity index (χ1n) is 4.59. The lowest BCUT2D eigenvalue weighted by Crippen LogP contribution is -2.22. The number of benzene rings is 1. The summed E-state index contributed by atoms with van der Waals surface area (Å²) in [5.74, 6) is 0.0614. The summed E-state index contributed by atoms with van der Waals surface area (Å²) in [5, 5.41) is 9.52. The number of carbonyl (C=O) groups is 1.